The third kappa shape index (κ3) is 5.49. The van der Waals surface area contributed by atoms with Crippen LogP contribution in [0, 0.1) is 0 Å². The van der Waals surface area contributed by atoms with E-state index in [1.807, 2.05) is 22.6 Å². The predicted octanol–water partition coefficient (Wildman–Crippen LogP) is 3.67. The van der Waals surface area contributed by atoms with Gasteiger partial charge in [0, 0.05) is 11.0 Å². The summed E-state index contributed by atoms with van der Waals surface area (Å²) in [5.41, 5.74) is -2.65. The van der Waals surface area contributed by atoms with Gasteiger partial charge in [0.25, 0.3) is 0 Å². The van der Waals surface area contributed by atoms with E-state index in [1.165, 1.54) is 4.90 Å². The van der Waals surface area contributed by atoms with E-state index in [2.05, 4.69) is 0 Å². The van der Waals surface area contributed by atoms with E-state index in [1.54, 1.807) is 41.5 Å². The van der Waals surface area contributed by atoms with Gasteiger partial charge in [-0.1, -0.05) is 22.6 Å². The van der Waals surface area contributed by atoms with Crippen molar-refractivity contribution in [1.29, 1.82) is 0 Å². The second kappa shape index (κ2) is 7.45. The summed E-state index contributed by atoms with van der Waals surface area (Å²) >= 11 is 2.02. The third-order valence-electron chi connectivity index (χ3n) is 3.27. The Morgan fingerprint density at radius 1 is 1.04 bits per heavy atom. The lowest BCUT2D eigenvalue weighted by atomic mass is 9.99. The van der Waals surface area contributed by atoms with E-state index in [4.69, 9.17) is 14.2 Å². The van der Waals surface area contributed by atoms with Crippen molar-refractivity contribution >= 4 is 40.8 Å². The van der Waals surface area contributed by atoms with Crippen LogP contribution in [0.2, 0.25) is 0 Å². The largest absolute Gasteiger partial charge is 0.516 e. The minimum absolute atomic E-state index is 0.297. The number of hydrogen-bond acceptors (Lipinski definition) is 6. The molecule has 1 atom stereocenters. The molecule has 0 spiro atoms. The van der Waals surface area contributed by atoms with Gasteiger partial charge < -0.3 is 14.2 Å². The minimum atomic E-state index is -1.21. The molecule has 1 rings (SSSR count). The summed E-state index contributed by atoms with van der Waals surface area (Å²) in [5, 5.41) is 0. The number of likely N-dealkylation sites (tertiary alicyclic amines) is 1. The van der Waals surface area contributed by atoms with Gasteiger partial charge in [-0.15, -0.1) is 0 Å². The van der Waals surface area contributed by atoms with Crippen molar-refractivity contribution in [3.05, 3.63) is 0 Å². The first-order valence-electron chi connectivity index (χ1n) is 7.82. The standard InChI is InChI=1S/C16H26INO6/c1-14(2,3)23-12(20)18-9-7-8-16(18,10-17)11(19)22-13(21)24-15(4,5)6/h7-10H2,1-6H3/t16-/m1/s1. The Balaban J connectivity index is 2.91. The molecule has 1 heterocycles. The molecule has 0 unspecified atom stereocenters. The van der Waals surface area contributed by atoms with Crippen molar-refractivity contribution in [3.8, 4) is 0 Å². The zero-order chi connectivity index (χ0) is 18.8. The molecule has 0 aromatic rings. The maximum atomic E-state index is 12.6. The number of nitrogens with zero attached hydrogens (tertiary/aromatic N) is 1. The molecule has 1 aliphatic heterocycles. The lowest BCUT2D eigenvalue weighted by Gasteiger charge is -2.35. The number of ether oxygens (including phenoxy) is 3. The Bertz CT molecular complexity index is 508. The fourth-order valence-electron chi connectivity index (χ4n) is 2.31. The van der Waals surface area contributed by atoms with Crippen LogP contribution in [-0.4, -0.2) is 50.8 Å². The van der Waals surface area contributed by atoms with Crippen molar-refractivity contribution in [2.24, 2.45) is 0 Å². The maximum absolute atomic E-state index is 12.6. The van der Waals surface area contributed by atoms with Crippen molar-refractivity contribution in [3.63, 3.8) is 0 Å². The number of amides is 1. The van der Waals surface area contributed by atoms with E-state index in [-0.39, 0.29) is 0 Å². The molecule has 7 nitrogen and oxygen atoms in total. The number of carbonyl (C=O) groups is 3. The zero-order valence-electron chi connectivity index (χ0n) is 15.1. The molecule has 8 heteroatoms. The van der Waals surface area contributed by atoms with Crippen molar-refractivity contribution in [2.45, 2.75) is 71.1 Å². The van der Waals surface area contributed by atoms with E-state index >= 15 is 0 Å². The van der Waals surface area contributed by atoms with Crippen LogP contribution in [-0.2, 0) is 19.0 Å². The summed E-state index contributed by atoms with van der Waals surface area (Å²) in [7, 11) is 0. The van der Waals surface area contributed by atoms with Gasteiger partial charge in [-0.05, 0) is 54.4 Å². The summed E-state index contributed by atoms with van der Waals surface area (Å²) in [6.45, 7) is 10.7. The highest BCUT2D eigenvalue weighted by molar-refractivity contribution is 14.1. The molecule has 24 heavy (non-hydrogen) atoms. The molecular formula is C16H26INO6. The lowest BCUT2D eigenvalue weighted by molar-refractivity contribution is -0.152. The highest BCUT2D eigenvalue weighted by atomic mass is 127. The summed E-state index contributed by atoms with van der Waals surface area (Å²) in [6, 6.07) is 0. The summed E-state index contributed by atoms with van der Waals surface area (Å²) < 4.78 is 15.5. The molecule has 0 aromatic carbocycles. The first-order chi connectivity index (χ1) is 10.8. The van der Waals surface area contributed by atoms with Gasteiger partial charge in [-0.25, -0.2) is 14.4 Å². The summed E-state index contributed by atoms with van der Waals surface area (Å²) in [4.78, 5) is 38.2. The Kier molecular flexibility index (Phi) is 6.51. The number of alkyl halides is 1. The normalized spacial score (nSPS) is 21.4. The molecule has 0 bridgehead atoms. The number of esters is 1. The van der Waals surface area contributed by atoms with E-state index < -0.39 is 35.0 Å². The zero-order valence-corrected chi connectivity index (χ0v) is 17.3. The van der Waals surface area contributed by atoms with E-state index in [9.17, 15) is 14.4 Å². The van der Waals surface area contributed by atoms with Crippen LogP contribution in [0.1, 0.15) is 54.4 Å². The van der Waals surface area contributed by atoms with Crippen LogP contribution >= 0.6 is 22.6 Å². The van der Waals surface area contributed by atoms with Gasteiger partial charge in [-0.2, -0.15) is 0 Å². The number of halogens is 1. The van der Waals surface area contributed by atoms with Crippen LogP contribution < -0.4 is 0 Å². The minimum Gasteiger partial charge on any atom is -0.444 e. The molecule has 0 saturated carbocycles. The van der Waals surface area contributed by atoms with Gasteiger partial charge in [0.1, 0.15) is 11.2 Å². The van der Waals surface area contributed by atoms with Crippen LogP contribution in [0.5, 0.6) is 0 Å². The van der Waals surface area contributed by atoms with Crippen LogP contribution in [0.25, 0.3) is 0 Å². The summed E-state index contributed by atoms with van der Waals surface area (Å²) in [6.07, 6.45) is -0.603. The van der Waals surface area contributed by atoms with Crippen molar-refractivity contribution in [1.82, 2.24) is 4.90 Å². The molecule has 0 aliphatic carbocycles. The van der Waals surface area contributed by atoms with Gasteiger partial charge >= 0.3 is 18.2 Å². The van der Waals surface area contributed by atoms with E-state index in [0.717, 1.165) is 0 Å². The number of rotatable bonds is 2. The molecule has 138 valence electrons. The number of hydrogen-bond donors (Lipinski definition) is 0. The SMILES string of the molecule is CC(C)(C)OC(=O)OC(=O)[C@]1(CI)CCCN1C(=O)OC(C)(C)C. The van der Waals surface area contributed by atoms with Gasteiger partial charge in [0.05, 0.1) is 0 Å². The quantitative estimate of drug-likeness (QED) is 0.274. The average molecular weight is 455 g/mol. The highest BCUT2D eigenvalue weighted by Crippen LogP contribution is 2.34. The van der Waals surface area contributed by atoms with Crippen LogP contribution in [0.15, 0.2) is 0 Å². The average Bonchev–Trinajstić information content (AvgIpc) is 2.79. The molecule has 1 amide bonds. The number of carbonyl (C=O) groups excluding carboxylic acids is 3. The molecule has 0 aromatic heterocycles. The lowest BCUT2D eigenvalue weighted by Crippen LogP contribution is -2.56. The first kappa shape index (κ1) is 21.0. The van der Waals surface area contributed by atoms with Gasteiger partial charge in [0.2, 0.25) is 0 Å². The van der Waals surface area contributed by atoms with E-state index in [0.29, 0.717) is 23.8 Å². The van der Waals surface area contributed by atoms with Crippen molar-refractivity contribution in [2.75, 3.05) is 11.0 Å². The van der Waals surface area contributed by atoms with Crippen molar-refractivity contribution < 1.29 is 28.6 Å². The maximum Gasteiger partial charge on any atom is 0.516 e. The van der Waals surface area contributed by atoms with Crippen LogP contribution in [0.3, 0.4) is 0 Å². The Labute approximate surface area is 156 Å². The third-order valence-corrected chi connectivity index (χ3v) is 4.53. The topological polar surface area (TPSA) is 82.1 Å². The smallest absolute Gasteiger partial charge is 0.444 e. The fourth-order valence-corrected chi connectivity index (χ4v) is 3.41. The molecule has 1 saturated heterocycles. The van der Waals surface area contributed by atoms with Crippen LogP contribution in [0.4, 0.5) is 9.59 Å². The fraction of sp³-hybridized carbons (Fsp3) is 0.812. The molecular weight excluding hydrogens is 429 g/mol. The second-order valence-electron chi connectivity index (χ2n) is 7.75. The molecule has 1 fully saturated rings. The monoisotopic (exact) mass is 455 g/mol. The summed E-state index contributed by atoms with van der Waals surface area (Å²) in [5.74, 6) is -0.783. The Morgan fingerprint density at radius 2 is 1.58 bits per heavy atom. The molecule has 0 radical (unpaired) electrons. The highest BCUT2D eigenvalue weighted by Gasteiger charge is 2.52. The predicted molar refractivity (Wildman–Crippen MR) is 96.1 cm³/mol. The van der Waals surface area contributed by atoms with Gasteiger partial charge in [-0.3, -0.25) is 4.90 Å². The molecule has 1 aliphatic rings. The Morgan fingerprint density at radius 3 is 2.04 bits per heavy atom. The van der Waals surface area contributed by atoms with Gasteiger partial charge in [0.15, 0.2) is 5.54 Å². The Hall–Kier alpha value is -1.06. The second-order valence-corrected chi connectivity index (χ2v) is 8.52. The first-order valence-corrected chi connectivity index (χ1v) is 9.35. The molecule has 0 N–H and O–H groups in total.